The number of hydrogen-bond donors (Lipinski definition) is 1. The average molecular weight is 271 g/mol. The molecule has 1 aliphatic heterocycles. The summed E-state index contributed by atoms with van der Waals surface area (Å²) in [6, 6.07) is 5.57. The van der Waals surface area contributed by atoms with Crippen LogP contribution in [0.1, 0.15) is 17.3 Å². The summed E-state index contributed by atoms with van der Waals surface area (Å²) >= 11 is 0. The first-order valence-corrected chi connectivity index (χ1v) is 6.73. The van der Waals surface area contributed by atoms with Crippen LogP contribution in [0.3, 0.4) is 0 Å². The molecular weight excluding hydrogens is 254 g/mol. The van der Waals surface area contributed by atoms with Crippen LogP contribution in [0.25, 0.3) is 5.82 Å². The Morgan fingerprint density at radius 3 is 3.10 bits per heavy atom. The van der Waals surface area contributed by atoms with Crippen LogP contribution in [0.5, 0.6) is 0 Å². The zero-order valence-electron chi connectivity index (χ0n) is 11.4. The van der Waals surface area contributed by atoms with Crippen LogP contribution in [-0.4, -0.2) is 51.2 Å². The first-order chi connectivity index (χ1) is 9.75. The third-order valence-corrected chi connectivity index (χ3v) is 3.49. The molecule has 1 N–H and O–H groups in total. The lowest BCUT2D eigenvalue weighted by Gasteiger charge is -2.34. The molecule has 0 aliphatic carbocycles. The van der Waals surface area contributed by atoms with E-state index in [4.69, 9.17) is 0 Å². The monoisotopic (exact) mass is 271 g/mol. The third-order valence-electron chi connectivity index (χ3n) is 3.49. The fraction of sp³-hybridized carbons (Fsp3) is 0.357. The Morgan fingerprint density at radius 2 is 2.35 bits per heavy atom. The molecule has 1 aliphatic rings. The topological polar surface area (TPSA) is 63.1 Å². The Labute approximate surface area is 117 Å². The number of pyridine rings is 1. The highest BCUT2D eigenvalue weighted by molar-refractivity contribution is 5.94. The fourth-order valence-corrected chi connectivity index (χ4v) is 2.39. The van der Waals surface area contributed by atoms with Crippen molar-refractivity contribution in [2.24, 2.45) is 0 Å². The molecule has 3 rings (SSSR count). The summed E-state index contributed by atoms with van der Waals surface area (Å²) in [6.45, 7) is 4.47. The number of aromatic nitrogens is 3. The number of carbonyl (C=O) groups excluding carboxylic acids is 1. The van der Waals surface area contributed by atoms with Gasteiger partial charge in [0.1, 0.15) is 0 Å². The fourth-order valence-electron chi connectivity index (χ4n) is 2.39. The van der Waals surface area contributed by atoms with E-state index >= 15 is 0 Å². The summed E-state index contributed by atoms with van der Waals surface area (Å²) in [5.41, 5.74) is 0.652. The zero-order chi connectivity index (χ0) is 13.9. The highest BCUT2D eigenvalue weighted by Crippen LogP contribution is 2.12. The average Bonchev–Trinajstić information content (AvgIpc) is 3.01. The van der Waals surface area contributed by atoms with Crippen LogP contribution in [0, 0.1) is 0 Å². The Kier molecular flexibility index (Phi) is 3.47. The zero-order valence-corrected chi connectivity index (χ0v) is 11.4. The molecule has 6 nitrogen and oxygen atoms in total. The van der Waals surface area contributed by atoms with E-state index in [2.05, 4.69) is 22.3 Å². The molecule has 0 bridgehead atoms. The second-order valence-corrected chi connectivity index (χ2v) is 4.91. The number of piperazine rings is 1. The van der Waals surface area contributed by atoms with Crippen LogP contribution in [0.4, 0.5) is 0 Å². The van der Waals surface area contributed by atoms with Crippen molar-refractivity contribution in [2.75, 3.05) is 19.6 Å². The van der Waals surface area contributed by atoms with E-state index in [1.54, 1.807) is 29.2 Å². The van der Waals surface area contributed by atoms with Gasteiger partial charge in [0.05, 0.1) is 0 Å². The van der Waals surface area contributed by atoms with Gasteiger partial charge in [-0.3, -0.25) is 4.79 Å². The van der Waals surface area contributed by atoms with Crippen molar-refractivity contribution in [1.82, 2.24) is 25.0 Å². The van der Waals surface area contributed by atoms with Gasteiger partial charge in [-0.05, 0) is 25.1 Å². The minimum absolute atomic E-state index is 0.0507. The van der Waals surface area contributed by atoms with Crippen molar-refractivity contribution in [3.63, 3.8) is 0 Å². The molecule has 0 aromatic carbocycles. The quantitative estimate of drug-likeness (QED) is 0.873. The van der Waals surface area contributed by atoms with Gasteiger partial charge in [0, 0.05) is 49.8 Å². The summed E-state index contributed by atoms with van der Waals surface area (Å²) in [5, 5.41) is 7.42. The van der Waals surface area contributed by atoms with Crippen molar-refractivity contribution in [3.05, 3.63) is 42.4 Å². The van der Waals surface area contributed by atoms with Gasteiger partial charge < -0.3 is 10.2 Å². The Morgan fingerprint density at radius 1 is 1.45 bits per heavy atom. The lowest BCUT2D eigenvalue weighted by Crippen LogP contribution is -2.52. The van der Waals surface area contributed by atoms with E-state index in [-0.39, 0.29) is 11.9 Å². The highest BCUT2D eigenvalue weighted by Gasteiger charge is 2.24. The Hall–Kier alpha value is -2.21. The lowest BCUT2D eigenvalue weighted by atomic mass is 10.1. The molecular formula is C14H17N5O. The van der Waals surface area contributed by atoms with Crippen molar-refractivity contribution in [1.29, 1.82) is 0 Å². The van der Waals surface area contributed by atoms with Crippen molar-refractivity contribution in [2.45, 2.75) is 13.0 Å². The number of rotatable bonds is 2. The number of nitrogens with zero attached hydrogens (tertiary/aromatic N) is 4. The van der Waals surface area contributed by atoms with Crippen LogP contribution in [-0.2, 0) is 0 Å². The number of amides is 1. The number of carbonyl (C=O) groups is 1. The molecule has 20 heavy (non-hydrogen) atoms. The first-order valence-electron chi connectivity index (χ1n) is 6.73. The van der Waals surface area contributed by atoms with Gasteiger partial charge in [0.25, 0.3) is 5.91 Å². The molecule has 104 valence electrons. The maximum Gasteiger partial charge on any atom is 0.254 e. The second kappa shape index (κ2) is 5.42. The smallest absolute Gasteiger partial charge is 0.254 e. The first kappa shape index (κ1) is 12.8. The lowest BCUT2D eigenvalue weighted by molar-refractivity contribution is 0.0655. The van der Waals surface area contributed by atoms with E-state index in [9.17, 15) is 4.79 Å². The maximum atomic E-state index is 12.6. The molecule has 3 heterocycles. The summed E-state index contributed by atoms with van der Waals surface area (Å²) < 4.78 is 1.65. The van der Waals surface area contributed by atoms with Crippen molar-refractivity contribution in [3.8, 4) is 5.82 Å². The minimum Gasteiger partial charge on any atom is -0.333 e. The van der Waals surface area contributed by atoms with Gasteiger partial charge in [-0.25, -0.2) is 9.67 Å². The molecule has 1 fully saturated rings. The van der Waals surface area contributed by atoms with E-state index in [0.717, 1.165) is 19.6 Å². The molecule has 2 aromatic heterocycles. The van der Waals surface area contributed by atoms with E-state index in [0.29, 0.717) is 11.4 Å². The normalized spacial score (nSPS) is 19.1. The van der Waals surface area contributed by atoms with Crippen LogP contribution < -0.4 is 5.32 Å². The molecule has 2 aromatic rings. The Bertz CT molecular complexity index is 595. The molecule has 6 heteroatoms. The predicted octanol–water partition coefficient (Wildman–Crippen LogP) is 0.701. The van der Waals surface area contributed by atoms with Gasteiger partial charge in [-0.15, -0.1) is 0 Å². The molecule has 1 amide bonds. The molecule has 0 radical (unpaired) electrons. The summed E-state index contributed by atoms with van der Waals surface area (Å²) in [6.07, 6.45) is 5.15. The highest BCUT2D eigenvalue weighted by atomic mass is 16.2. The largest absolute Gasteiger partial charge is 0.333 e. The molecule has 1 saturated heterocycles. The number of nitrogens with one attached hydrogen (secondary N) is 1. The van der Waals surface area contributed by atoms with Crippen LogP contribution in [0.2, 0.25) is 0 Å². The molecule has 0 saturated carbocycles. The van der Waals surface area contributed by atoms with Crippen molar-refractivity contribution < 1.29 is 4.79 Å². The SMILES string of the molecule is C[C@H]1CNCCN1C(=O)c1ccnc(-n2cccn2)c1. The van der Waals surface area contributed by atoms with Crippen LogP contribution in [0.15, 0.2) is 36.8 Å². The van der Waals surface area contributed by atoms with E-state index < -0.39 is 0 Å². The van der Waals surface area contributed by atoms with E-state index in [1.165, 1.54) is 0 Å². The van der Waals surface area contributed by atoms with Crippen molar-refractivity contribution >= 4 is 5.91 Å². The van der Waals surface area contributed by atoms with Gasteiger partial charge in [0.2, 0.25) is 0 Å². The van der Waals surface area contributed by atoms with Gasteiger partial charge in [-0.2, -0.15) is 5.10 Å². The minimum atomic E-state index is 0.0507. The van der Waals surface area contributed by atoms with Gasteiger partial charge in [0.15, 0.2) is 5.82 Å². The molecule has 0 spiro atoms. The summed E-state index contributed by atoms with van der Waals surface area (Å²) in [5.74, 6) is 0.707. The predicted molar refractivity (Wildman–Crippen MR) is 74.7 cm³/mol. The maximum absolute atomic E-state index is 12.6. The molecule has 1 atom stereocenters. The molecule has 0 unspecified atom stereocenters. The summed E-state index contributed by atoms with van der Waals surface area (Å²) in [7, 11) is 0. The van der Waals surface area contributed by atoms with Gasteiger partial charge in [-0.1, -0.05) is 0 Å². The third kappa shape index (κ3) is 2.42. The second-order valence-electron chi connectivity index (χ2n) is 4.91. The standard InChI is InChI=1S/C14H17N5O/c1-11-10-15-6-8-18(11)14(20)12-3-5-16-13(9-12)19-7-2-4-17-19/h2-5,7,9,11,15H,6,8,10H2,1H3/t11-/m0/s1. The van der Waals surface area contributed by atoms with E-state index in [1.807, 2.05) is 17.2 Å². The Balaban J connectivity index is 1.86. The van der Waals surface area contributed by atoms with Crippen LogP contribution >= 0.6 is 0 Å². The number of hydrogen-bond acceptors (Lipinski definition) is 4. The van der Waals surface area contributed by atoms with Gasteiger partial charge >= 0.3 is 0 Å². The summed E-state index contributed by atoms with van der Waals surface area (Å²) in [4.78, 5) is 18.7.